The number of anilines is 1. The highest BCUT2D eigenvalue weighted by Crippen LogP contribution is 2.19. The number of rotatable bonds is 6. The molecular weight excluding hydrogens is 426 g/mol. The minimum atomic E-state index is -0.232. The Morgan fingerprint density at radius 2 is 1.41 bits per heavy atom. The van der Waals surface area contributed by atoms with Crippen LogP contribution in [0, 0.1) is 20.8 Å². The molecule has 0 aliphatic heterocycles. The van der Waals surface area contributed by atoms with E-state index in [1.54, 1.807) is 36.4 Å². The normalized spacial score (nSPS) is 11.2. The van der Waals surface area contributed by atoms with Gasteiger partial charge < -0.3 is 5.32 Å². The van der Waals surface area contributed by atoms with E-state index in [0.717, 1.165) is 26.9 Å². The van der Waals surface area contributed by atoms with Crippen LogP contribution in [0.5, 0.6) is 0 Å². The zero-order chi connectivity index (χ0) is 21.0. The van der Waals surface area contributed by atoms with E-state index < -0.39 is 0 Å². The van der Waals surface area contributed by atoms with Crippen LogP contribution in [0.1, 0.15) is 37.4 Å². The average molecular weight is 448 g/mol. The Kier molecular flexibility index (Phi) is 6.45. The van der Waals surface area contributed by atoms with Gasteiger partial charge in [0.25, 0.3) is 0 Å². The van der Waals surface area contributed by atoms with Crippen molar-refractivity contribution in [1.29, 1.82) is 0 Å². The molecule has 3 aromatic carbocycles. The first-order valence-electron chi connectivity index (χ1n) is 9.31. The Morgan fingerprint density at radius 3 is 2.03 bits per heavy atom. The minimum Gasteiger partial charge on any atom is -0.352 e. The molecule has 3 aromatic rings. The fourth-order valence-electron chi connectivity index (χ4n) is 2.82. The summed E-state index contributed by atoms with van der Waals surface area (Å²) < 4.78 is 0.891. The smallest absolute Gasteiger partial charge is 0.209 e. The third-order valence-electron chi connectivity index (χ3n) is 4.75. The molecule has 0 atom stereocenters. The molecule has 0 saturated heterocycles. The summed E-state index contributed by atoms with van der Waals surface area (Å²) in [4.78, 5) is 25.9. The molecule has 0 aliphatic carbocycles. The molecule has 146 valence electrons. The van der Waals surface area contributed by atoms with Crippen molar-refractivity contribution >= 4 is 33.2 Å². The van der Waals surface area contributed by atoms with E-state index in [1.807, 2.05) is 51.1 Å². The van der Waals surface area contributed by atoms with Crippen molar-refractivity contribution in [3.8, 4) is 0 Å². The number of hydrogen-bond donors (Lipinski definition) is 1. The molecule has 29 heavy (non-hydrogen) atoms. The lowest BCUT2D eigenvalue weighted by atomic mass is 10.0. The Morgan fingerprint density at radius 1 is 0.793 bits per heavy atom. The van der Waals surface area contributed by atoms with Gasteiger partial charge in [-0.3, -0.25) is 9.59 Å². The molecule has 0 spiro atoms. The maximum Gasteiger partial charge on any atom is 0.209 e. The maximum atomic E-state index is 13.1. The summed E-state index contributed by atoms with van der Waals surface area (Å²) in [6.07, 6.45) is 1.38. The SMILES string of the molecule is Cc1ccc(C(=O)/C(=C/C(=O)c2ccc(Br)cc2)Nc2ccc(C)c(C)c2)cc1. The zero-order valence-electron chi connectivity index (χ0n) is 16.6. The molecule has 0 amide bonds. The molecule has 0 bridgehead atoms. The molecular formula is C25H22BrNO2. The summed E-state index contributed by atoms with van der Waals surface area (Å²) in [6, 6.07) is 20.3. The van der Waals surface area contributed by atoms with Gasteiger partial charge in [0.2, 0.25) is 5.78 Å². The second-order valence-corrected chi connectivity index (χ2v) is 7.96. The van der Waals surface area contributed by atoms with Crippen LogP contribution in [0.3, 0.4) is 0 Å². The van der Waals surface area contributed by atoms with E-state index in [-0.39, 0.29) is 17.3 Å². The Hall–Kier alpha value is -2.98. The third-order valence-corrected chi connectivity index (χ3v) is 5.28. The van der Waals surface area contributed by atoms with Crippen LogP contribution in [0.2, 0.25) is 0 Å². The van der Waals surface area contributed by atoms with Crippen LogP contribution < -0.4 is 5.32 Å². The van der Waals surface area contributed by atoms with E-state index in [0.29, 0.717) is 11.1 Å². The summed E-state index contributed by atoms with van der Waals surface area (Å²) >= 11 is 3.37. The number of benzene rings is 3. The lowest BCUT2D eigenvalue weighted by molar-refractivity contribution is 0.101. The van der Waals surface area contributed by atoms with Crippen molar-refractivity contribution in [3.05, 3.63) is 111 Å². The minimum absolute atomic E-state index is 0.228. The largest absolute Gasteiger partial charge is 0.352 e. The number of ketones is 2. The monoisotopic (exact) mass is 447 g/mol. The van der Waals surface area contributed by atoms with Gasteiger partial charge >= 0.3 is 0 Å². The number of Topliss-reactive ketones (excluding diaryl/α,β-unsaturated/α-hetero) is 1. The van der Waals surface area contributed by atoms with Crippen LogP contribution >= 0.6 is 15.9 Å². The van der Waals surface area contributed by atoms with E-state index >= 15 is 0 Å². The maximum absolute atomic E-state index is 13.1. The number of carbonyl (C=O) groups excluding carboxylic acids is 2. The molecule has 4 heteroatoms. The summed E-state index contributed by atoms with van der Waals surface area (Å²) in [5, 5.41) is 3.15. The second kappa shape index (κ2) is 9.01. The number of nitrogens with one attached hydrogen (secondary N) is 1. The van der Waals surface area contributed by atoms with Crippen molar-refractivity contribution < 1.29 is 9.59 Å². The predicted octanol–water partition coefficient (Wildman–Crippen LogP) is 6.44. The molecule has 0 unspecified atom stereocenters. The quantitative estimate of drug-likeness (QED) is 0.349. The summed E-state index contributed by atoms with van der Waals surface area (Å²) in [7, 11) is 0. The van der Waals surface area contributed by atoms with Crippen molar-refractivity contribution in [1.82, 2.24) is 0 Å². The lowest BCUT2D eigenvalue weighted by Crippen LogP contribution is -2.14. The molecule has 3 rings (SSSR count). The summed E-state index contributed by atoms with van der Waals surface area (Å²) in [6.45, 7) is 6.01. The zero-order valence-corrected chi connectivity index (χ0v) is 18.2. The number of aryl methyl sites for hydroxylation is 3. The van der Waals surface area contributed by atoms with Gasteiger partial charge in [0.15, 0.2) is 5.78 Å². The number of allylic oxidation sites excluding steroid dienone is 2. The molecule has 1 N–H and O–H groups in total. The molecule has 3 nitrogen and oxygen atoms in total. The molecule has 0 aromatic heterocycles. The van der Waals surface area contributed by atoms with Gasteiger partial charge in [-0.1, -0.05) is 51.8 Å². The number of carbonyl (C=O) groups is 2. The van der Waals surface area contributed by atoms with Crippen LogP contribution in [0.4, 0.5) is 5.69 Å². The Bertz CT molecular complexity index is 1080. The highest BCUT2D eigenvalue weighted by Gasteiger charge is 2.16. The first-order valence-corrected chi connectivity index (χ1v) is 10.1. The van der Waals surface area contributed by atoms with E-state index in [9.17, 15) is 9.59 Å². The van der Waals surface area contributed by atoms with Crippen molar-refractivity contribution in [2.24, 2.45) is 0 Å². The van der Waals surface area contributed by atoms with Crippen molar-refractivity contribution in [2.45, 2.75) is 20.8 Å². The van der Waals surface area contributed by atoms with Gasteiger partial charge in [-0.05, 0) is 68.3 Å². The van der Waals surface area contributed by atoms with Gasteiger partial charge in [-0.2, -0.15) is 0 Å². The molecule has 0 saturated carbocycles. The summed E-state index contributed by atoms with van der Waals surface area (Å²) in [5.74, 6) is -0.460. The van der Waals surface area contributed by atoms with Crippen molar-refractivity contribution in [3.63, 3.8) is 0 Å². The highest BCUT2D eigenvalue weighted by molar-refractivity contribution is 9.10. The van der Waals surface area contributed by atoms with Gasteiger partial charge in [-0.15, -0.1) is 0 Å². The second-order valence-electron chi connectivity index (χ2n) is 7.05. The van der Waals surface area contributed by atoms with Gasteiger partial charge in [0.1, 0.15) is 0 Å². The highest BCUT2D eigenvalue weighted by atomic mass is 79.9. The summed E-state index contributed by atoms with van der Waals surface area (Å²) in [5.41, 5.74) is 5.40. The van der Waals surface area contributed by atoms with Gasteiger partial charge in [-0.25, -0.2) is 0 Å². The lowest BCUT2D eigenvalue weighted by Gasteiger charge is -2.12. The number of hydrogen-bond acceptors (Lipinski definition) is 3. The predicted molar refractivity (Wildman–Crippen MR) is 122 cm³/mol. The van der Waals surface area contributed by atoms with Crippen LogP contribution in [0.25, 0.3) is 0 Å². The van der Waals surface area contributed by atoms with Gasteiger partial charge in [0.05, 0.1) is 5.70 Å². The first-order chi connectivity index (χ1) is 13.8. The topological polar surface area (TPSA) is 46.2 Å². The van der Waals surface area contributed by atoms with Crippen LogP contribution in [-0.4, -0.2) is 11.6 Å². The first kappa shape index (κ1) is 20.7. The molecule has 0 fully saturated rings. The average Bonchev–Trinajstić information content (AvgIpc) is 2.70. The fraction of sp³-hybridized carbons (Fsp3) is 0.120. The van der Waals surface area contributed by atoms with E-state index in [4.69, 9.17) is 0 Å². The molecule has 0 aliphatic rings. The standard InChI is InChI=1S/C25H22BrNO2/c1-16-4-7-20(8-5-16)25(29)23(27-22-13-6-17(2)18(3)14-22)15-24(28)19-9-11-21(26)12-10-19/h4-15,27H,1-3H3/b23-15-. The Balaban J connectivity index is 1.98. The van der Waals surface area contributed by atoms with Crippen molar-refractivity contribution in [2.75, 3.05) is 5.32 Å². The molecule has 0 radical (unpaired) electrons. The van der Waals surface area contributed by atoms with Crippen LogP contribution in [-0.2, 0) is 0 Å². The molecule has 0 heterocycles. The van der Waals surface area contributed by atoms with E-state index in [1.165, 1.54) is 6.08 Å². The Labute approximate surface area is 179 Å². The van der Waals surface area contributed by atoms with Crippen LogP contribution in [0.15, 0.2) is 83.0 Å². The van der Waals surface area contributed by atoms with E-state index in [2.05, 4.69) is 21.2 Å². The number of halogens is 1. The van der Waals surface area contributed by atoms with Gasteiger partial charge in [0, 0.05) is 27.4 Å². The fourth-order valence-corrected chi connectivity index (χ4v) is 3.09. The third kappa shape index (κ3) is 5.30.